The van der Waals surface area contributed by atoms with E-state index in [9.17, 15) is 9.18 Å². The van der Waals surface area contributed by atoms with Crippen molar-refractivity contribution in [1.29, 1.82) is 0 Å². The molecule has 1 fully saturated rings. The van der Waals surface area contributed by atoms with Gasteiger partial charge in [-0.3, -0.25) is 4.79 Å². The van der Waals surface area contributed by atoms with Crippen molar-refractivity contribution in [1.82, 2.24) is 10.3 Å². The van der Waals surface area contributed by atoms with E-state index in [0.717, 1.165) is 31.7 Å². The SMILES string of the molecule is O=C(Cc1ccccc1F)N[C@@H]1CCCN(c2ccccn2)C1. The average molecular weight is 313 g/mol. The number of benzene rings is 1. The summed E-state index contributed by atoms with van der Waals surface area (Å²) in [7, 11) is 0. The Kier molecular flexibility index (Phi) is 4.86. The number of pyridine rings is 1. The number of hydrogen-bond donors (Lipinski definition) is 1. The smallest absolute Gasteiger partial charge is 0.224 e. The third-order valence-electron chi connectivity index (χ3n) is 4.07. The van der Waals surface area contributed by atoms with Crippen molar-refractivity contribution in [2.45, 2.75) is 25.3 Å². The molecule has 1 aromatic carbocycles. The average Bonchev–Trinajstić information content (AvgIpc) is 2.58. The molecule has 3 rings (SSSR count). The molecule has 0 saturated carbocycles. The number of anilines is 1. The lowest BCUT2D eigenvalue weighted by Gasteiger charge is -2.34. The van der Waals surface area contributed by atoms with Crippen LogP contribution in [0.1, 0.15) is 18.4 Å². The maximum absolute atomic E-state index is 13.6. The molecule has 1 amide bonds. The molecule has 1 N–H and O–H groups in total. The Hall–Kier alpha value is -2.43. The Balaban J connectivity index is 1.57. The van der Waals surface area contributed by atoms with Crippen LogP contribution >= 0.6 is 0 Å². The van der Waals surface area contributed by atoms with Crippen LogP contribution in [0.4, 0.5) is 10.2 Å². The number of nitrogens with zero attached hydrogens (tertiary/aromatic N) is 2. The quantitative estimate of drug-likeness (QED) is 0.943. The van der Waals surface area contributed by atoms with Gasteiger partial charge < -0.3 is 10.2 Å². The summed E-state index contributed by atoms with van der Waals surface area (Å²) in [6.45, 7) is 1.68. The topological polar surface area (TPSA) is 45.2 Å². The Morgan fingerprint density at radius 3 is 2.87 bits per heavy atom. The number of hydrogen-bond acceptors (Lipinski definition) is 3. The van der Waals surface area contributed by atoms with E-state index in [-0.39, 0.29) is 24.2 Å². The van der Waals surface area contributed by atoms with Gasteiger partial charge in [-0.1, -0.05) is 24.3 Å². The summed E-state index contributed by atoms with van der Waals surface area (Å²) in [5.74, 6) is 0.463. The van der Waals surface area contributed by atoms with Crippen LogP contribution in [-0.4, -0.2) is 30.0 Å². The molecular formula is C18H20FN3O. The lowest BCUT2D eigenvalue weighted by atomic mass is 10.0. The number of piperidine rings is 1. The van der Waals surface area contributed by atoms with Gasteiger partial charge in [-0.25, -0.2) is 9.37 Å². The van der Waals surface area contributed by atoms with Gasteiger partial charge in [-0.15, -0.1) is 0 Å². The highest BCUT2D eigenvalue weighted by Gasteiger charge is 2.22. The van der Waals surface area contributed by atoms with E-state index in [0.29, 0.717) is 5.56 Å². The summed E-state index contributed by atoms with van der Waals surface area (Å²) >= 11 is 0. The number of amides is 1. The van der Waals surface area contributed by atoms with Crippen molar-refractivity contribution in [2.75, 3.05) is 18.0 Å². The second kappa shape index (κ2) is 7.22. The fraction of sp³-hybridized carbons (Fsp3) is 0.333. The molecule has 5 heteroatoms. The molecule has 2 aromatic rings. The van der Waals surface area contributed by atoms with Crippen molar-refractivity contribution >= 4 is 11.7 Å². The molecule has 1 aliphatic heterocycles. The van der Waals surface area contributed by atoms with Gasteiger partial charge in [-0.2, -0.15) is 0 Å². The zero-order chi connectivity index (χ0) is 16.1. The Morgan fingerprint density at radius 1 is 1.26 bits per heavy atom. The molecule has 0 aliphatic carbocycles. The fourth-order valence-corrected chi connectivity index (χ4v) is 2.94. The third kappa shape index (κ3) is 4.06. The lowest BCUT2D eigenvalue weighted by Crippen LogP contribution is -2.48. The van der Waals surface area contributed by atoms with Crippen LogP contribution in [0.2, 0.25) is 0 Å². The molecule has 1 atom stereocenters. The minimum atomic E-state index is -0.332. The van der Waals surface area contributed by atoms with Crippen molar-refractivity contribution in [3.63, 3.8) is 0 Å². The Bertz CT molecular complexity index is 662. The van der Waals surface area contributed by atoms with E-state index in [1.165, 1.54) is 6.07 Å². The number of aromatic nitrogens is 1. The largest absolute Gasteiger partial charge is 0.355 e. The predicted molar refractivity (Wildman–Crippen MR) is 87.7 cm³/mol. The number of nitrogens with one attached hydrogen (secondary N) is 1. The van der Waals surface area contributed by atoms with Crippen LogP contribution in [0.3, 0.4) is 0 Å². The van der Waals surface area contributed by atoms with Gasteiger partial charge in [0.2, 0.25) is 5.91 Å². The van der Waals surface area contributed by atoms with E-state index < -0.39 is 0 Å². The van der Waals surface area contributed by atoms with Crippen LogP contribution in [0.15, 0.2) is 48.7 Å². The highest BCUT2D eigenvalue weighted by atomic mass is 19.1. The van der Waals surface area contributed by atoms with Crippen molar-refractivity contribution in [2.24, 2.45) is 0 Å². The van der Waals surface area contributed by atoms with E-state index in [4.69, 9.17) is 0 Å². The van der Waals surface area contributed by atoms with Crippen molar-refractivity contribution < 1.29 is 9.18 Å². The molecule has 1 saturated heterocycles. The second-order valence-electron chi connectivity index (χ2n) is 5.81. The maximum atomic E-state index is 13.6. The van der Waals surface area contributed by atoms with Gasteiger partial charge in [0.1, 0.15) is 11.6 Å². The van der Waals surface area contributed by atoms with Crippen LogP contribution in [0, 0.1) is 5.82 Å². The normalized spacial score (nSPS) is 17.8. The van der Waals surface area contributed by atoms with Gasteiger partial charge in [0.05, 0.1) is 6.42 Å². The first-order valence-corrected chi connectivity index (χ1v) is 7.91. The standard InChI is InChI=1S/C18H20FN3O/c19-16-8-2-1-6-14(16)12-18(23)21-15-7-5-11-22(13-15)17-9-3-4-10-20-17/h1-4,6,8-10,15H,5,7,11-13H2,(H,21,23)/t15-/m1/s1. The first kappa shape index (κ1) is 15.5. The summed E-state index contributed by atoms with van der Waals surface area (Å²) in [6.07, 6.45) is 3.79. The summed E-state index contributed by atoms with van der Waals surface area (Å²) < 4.78 is 13.6. The van der Waals surface area contributed by atoms with Gasteiger partial charge in [0.25, 0.3) is 0 Å². The van der Waals surface area contributed by atoms with Gasteiger partial charge in [0, 0.05) is 25.3 Å². The second-order valence-corrected chi connectivity index (χ2v) is 5.81. The molecule has 1 aromatic heterocycles. The molecule has 4 nitrogen and oxygen atoms in total. The van der Waals surface area contributed by atoms with Gasteiger partial charge in [-0.05, 0) is 36.6 Å². The molecule has 0 radical (unpaired) electrons. The van der Waals surface area contributed by atoms with Crippen molar-refractivity contribution in [3.05, 3.63) is 60.0 Å². The molecule has 120 valence electrons. The van der Waals surface area contributed by atoms with Crippen molar-refractivity contribution in [3.8, 4) is 0 Å². The monoisotopic (exact) mass is 313 g/mol. The number of rotatable bonds is 4. The number of halogens is 1. The number of carbonyl (C=O) groups is 1. The maximum Gasteiger partial charge on any atom is 0.224 e. The van der Waals surface area contributed by atoms with E-state index in [2.05, 4.69) is 15.2 Å². The van der Waals surface area contributed by atoms with E-state index >= 15 is 0 Å². The van der Waals surface area contributed by atoms with Gasteiger partial charge in [0.15, 0.2) is 0 Å². The molecule has 23 heavy (non-hydrogen) atoms. The summed E-state index contributed by atoms with van der Waals surface area (Å²) in [5, 5.41) is 3.02. The molecule has 0 spiro atoms. The third-order valence-corrected chi connectivity index (χ3v) is 4.07. The first-order chi connectivity index (χ1) is 11.2. The minimum absolute atomic E-state index is 0.0741. The molecular weight excluding hydrogens is 293 g/mol. The predicted octanol–water partition coefficient (Wildman–Crippen LogP) is 2.55. The first-order valence-electron chi connectivity index (χ1n) is 7.91. The van der Waals surface area contributed by atoms with E-state index in [1.807, 2.05) is 18.2 Å². The van der Waals surface area contributed by atoms with Crippen LogP contribution in [0.25, 0.3) is 0 Å². The fourth-order valence-electron chi connectivity index (χ4n) is 2.94. The lowest BCUT2D eigenvalue weighted by molar-refractivity contribution is -0.121. The minimum Gasteiger partial charge on any atom is -0.355 e. The van der Waals surface area contributed by atoms with E-state index in [1.54, 1.807) is 24.4 Å². The summed E-state index contributed by atoms with van der Waals surface area (Å²) in [5.41, 5.74) is 0.433. The van der Waals surface area contributed by atoms with Gasteiger partial charge >= 0.3 is 0 Å². The van der Waals surface area contributed by atoms with Crippen LogP contribution in [0.5, 0.6) is 0 Å². The number of carbonyl (C=O) groups excluding carboxylic acids is 1. The molecule has 2 heterocycles. The Labute approximate surface area is 135 Å². The molecule has 1 aliphatic rings. The zero-order valence-corrected chi connectivity index (χ0v) is 12.9. The summed E-state index contributed by atoms with van der Waals surface area (Å²) in [6, 6.07) is 12.3. The highest BCUT2D eigenvalue weighted by Crippen LogP contribution is 2.17. The van der Waals surface area contributed by atoms with Crippen LogP contribution < -0.4 is 10.2 Å². The van der Waals surface area contributed by atoms with Crippen LogP contribution in [-0.2, 0) is 11.2 Å². The molecule has 0 bridgehead atoms. The summed E-state index contributed by atoms with van der Waals surface area (Å²) in [4.78, 5) is 18.7. The highest BCUT2D eigenvalue weighted by molar-refractivity contribution is 5.79. The Morgan fingerprint density at radius 2 is 2.09 bits per heavy atom. The molecule has 0 unspecified atom stereocenters. The zero-order valence-electron chi connectivity index (χ0n) is 12.9.